The molecule has 19 heteroatoms. The Balaban J connectivity index is 1.29. The number of hydrogen-bond donors (Lipinski definition) is 3. The van der Waals surface area contributed by atoms with Crippen molar-refractivity contribution >= 4 is 86.7 Å². The van der Waals surface area contributed by atoms with Crippen LogP contribution in [0.25, 0.3) is 0 Å². The van der Waals surface area contributed by atoms with Crippen molar-refractivity contribution in [3.05, 3.63) is 68.8 Å². The van der Waals surface area contributed by atoms with Crippen molar-refractivity contribution < 1.29 is 24.3 Å². The second kappa shape index (κ2) is 13.3. The molecule has 2 aliphatic rings. The highest BCUT2D eigenvalue weighted by Crippen LogP contribution is 2.41. The normalized spacial score (nSPS) is 18.2. The topological polar surface area (TPSA) is 191 Å². The van der Waals surface area contributed by atoms with Gasteiger partial charge in [0.2, 0.25) is 5.16 Å². The molecule has 0 saturated carbocycles. The lowest BCUT2D eigenvalue weighted by Gasteiger charge is -2.49. The van der Waals surface area contributed by atoms with Crippen LogP contribution in [0.1, 0.15) is 11.3 Å². The molecule has 0 spiro atoms. The van der Waals surface area contributed by atoms with E-state index >= 15 is 0 Å². The third kappa shape index (κ3) is 6.65. The van der Waals surface area contributed by atoms with E-state index < -0.39 is 29.2 Å². The number of nitrogens with zero attached hydrogens (tertiary/aromatic N) is 7. The number of allylic oxidation sites excluding steroid dienone is 1. The van der Waals surface area contributed by atoms with Gasteiger partial charge in [-0.1, -0.05) is 52.3 Å². The highest BCUT2D eigenvalue weighted by atomic mass is 35.5. The van der Waals surface area contributed by atoms with E-state index in [0.717, 1.165) is 11.3 Å². The van der Waals surface area contributed by atoms with Gasteiger partial charge in [-0.2, -0.15) is 0 Å². The molecule has 43 heavy (non-hydrogen) atoms. The molecular formula is C24H21Cl2N9O5S3. The maximum atomic E-state index is 13.3. The fourth-order valence-corrected chi connectivity index (χ4v) is 7.33. The number of aromatic nitrogens is 5. The van der Waals surface area contributed by atoms with Crippen LogP contribution < -0.4 is 11.1 Å². The summed E-state index contributed by atoms with van der Waals surface area (Å²) in [6, 6.07) is 3.89. The Morgan fingerprint density at radius 2 is 2.16 bits per heavy atom. The highest BCUT2D eigenvalue weighted by Gasteiger charge is 2.54. The molecule has 1 fully saturated rings. The zero-order chi connectivity index (χ0) is 30.7. The number of tetrazole rings is 1. The van der Waals surface area contributed by atoms with Gasteiger partial charge in [0, 0.05) is 16.9 Å². The van der Waals surface area contributed by atoms with Crippen LogP contribution in [0.4, 0.5) is 5.13 Å². The fourth-order valence-electron chi connectivity index (χ4n) is 4.09. The van der Waals surface area contributed by atoms with Crippen LogP contribution in [-0.4, -0.2) is 81.6 Å². The molecule has 4 N–H and O–H groups in total. The number of halogens is 2. The van der Waals surface area contributed by atoms with Crippen molar-refractivity contribution in [3.63, 3.8) is 0 Å². The number of carbonyl (C=O) groups excluding carboxylic acids is 2. The molecule has 5 rings (SSSR count). The lowest BCUT2D eigenvalue weighted by Crippen LogP contribution is -2.71. The Kier molecular flexibility index (Phi) is 9.55. The summed E-state index contributed by atoms with van der Waals surface area (Å²) in [5, 5.41) is 30.4. The number of anilines is 1. The third-order valence-electron chi connectivity index (χ3n) is 6.06. The highest BCUT2D eigenvalue weighted by molar-refractivity contribution is 8.01. The van der Waals surface area contributed by atoms with E-state index in [-0.39, 0.29) is 34.6 Å². The number of benzene rings is 1. The van der Waals surface area contributed by atoms with Gasteiger partial charge in [-0.05, 0) is 33.7 Å². The summed E-state index contributed by atoms with van der Waals surface area (Å²) in [4.78, 5) is 49.5. The summed E-state index contributed by atoms with van der Waals surface area (Å²) in [5.74, 6) is -2.00. The van der Waals surface area contributed by atoms with Gasteiger partial charge in [0.1, 0.15) is 29.4 Å². The molecule has 224 valence electrons. The summed E-state index contributed by atoms with van der Waals surface area (Å²) >= 11 is 15.7. The minimum absolute atomic E-state index is 0.0323. The summed E-state index contributed by atoms with van der Waals surface area (Å²) < 4.78 is 1.53. The van der Waals surface area contributed by atoms with Crippen molar-refractivity contribution in [1.82, 2.24) is 35.4 Å². The predicted octanol–water partition coefficient (Wildman–Crippen LogP) is 2.66. The molecule has 1 saturated heterocycles. The number of oxime groups is 1. The van der Waals surface area contributed by atoms with Gasteiger partial charge < -0.3 is 21.0 Å². The van der Waals surface area contributed by atoms with E-state index in [1.807, 2.05) is 0 Å². The maximum absolute atomic E-state index is 13.3. The van der Waals surface area contributed by atoms with Crippen LogP contribution >= 0.6 is 58.1 Å². The number of carbonyl (C=O) groups is 3. The van der Waals surface area contributed by atoms with E-state index in [1.54, 1.807) is 24.3 Å². The molecule has 3 aromatic rings. The van der Waals surface area contributed by atoms with E-state index in [0.29, 0.717) is 38.6 Å². The molecule has 1 aromatic carbocycles. The molecule has 2 aliphatic heterocycles. The number of rotatable bonds is 12. The SMILES string of the molecule is C=CCn1nnnc1SCC1=C(C(=O)O)N2C(=O)C(NC(=O)C(=NOCc3ccc(Cl)c(Cl)c3)c3csc(N)n3)[C@@H]2SC1. The first-order valence-corrected chi connectivity index (χ1v) is 15.9. The molecule has 4 heterocycles. The van der Waals surface area contributed by atoms with Crippen molar-refractivity contribution in [2.24, 2.45) is 5.16 Å². The van der Waals surface area contributed by atoms with Crippen LogP contribution in [0.3, 0.4) is 0 Å². The van der Waals surface area contributed by atoms with E-state index in [4.69, 9.17) is 33.8 Å². The first-order chi connectivity index (χ1) is 20.7. The lowest BCUT2D eigenvalue weighted by molar-refractivity contribution is -0.150. The number of carboxylic acids is 1. The average Bonchev–Trinajstić information content (AvgIpc) is 3.62. The molecule has 0 bridgehead atoms. The monoisotopic (exact) mass is 681 g/mol. The molecule has 2 amide bonds. The number of aliphatic carboxylic acids is 1. The predicted molar refractivity (Wildman–Crippen MR) is 163 cm³/mol. The largest absolute Gasteiger partial charge is 0.477 e. The molecule has 0 radical (unpaired) electrons. The lowest BCUT2D eigenvalue weighted by atomic mass is 10.0. The molecule has 14 nitrogen and oxygen atoms in total. The minimum Gasteiger partial charge on any atom is -0.477 e. The summed E-state index contributed by atoms with van der Waals surface area (Å²) in [6.07, 6.45) is 1.64. The first kappa shape index (κ1) is 30.8. The van der Waals surface area contributed by atoms with Gasteiger partial charge in [-0.15, -0.1) is 34.8 Å². The Bertz CT molecular complexity index is 1660. The number of nitrogens with two attached hydrogens (primary N) is 1. The number of thiazole rings is 1. The van der Waals surface area contributed by atoms with Crippen molar-refractivity contribution in [1.29, 1.82) is 0 Å². The van der Waals surface area contributed by atoms with Gasteiger partial charge >= 0.3 is 5.97 Å². The standard InChI is InChI=1S/C24H21Cl2N9O5S3/c1-2-5-34-24(30-32-33-34)43-9-12-8-41-21-17(20(37)35(21)18(12)22(38)39)29-19(36)16(15-10-42-23(27)28-15)31-40-7-11-3-4-13(25)14(26)6-11/h2-4,6,10,17,21H,1,5,7-9H2,(H2,27,28)(H,29,36)(H,38,39)/t17?,21-/m0/s1. The molecular weight excluding hydrogens is 661 g/mol. The van der Waals surface area contributed by atoms with Crippen molar-refractivity contribution in [2.75, 3.05) is 17.2 Å². The van der Waals surface area contributed by atoms with Gasteiger partial charge in [0.25, 0.3) is 11.8 Å². The smallest absolute Gasteiger partial charge is 0.352 e. The molecule has 2 atom stereocenters. The van der Waals surface area contributed by atoms with E-state index in [2.05, 4.69) is 37.6 Å². The number of hydrogen-bond acceptors (Lipinski definition) is 13. The van der Waals surface area contributed by atoms with E-state index in [1.165, 1.54) is 38.5 Å². The van der Waals surface area contributed by atoms with Gasteiger partial charge in [0.05, 0.1) is 16.6 Å². The zero-order valence-electron chi connectivity index (χ0n) is 21.8. The summed E-state index contributed by atoms with van der Waals surface area (Å²) in [6.45, 7) is 4.02. The van der Waals surface area contributed by atoms with Gasteiger partial charge in [0.15, 0.2) is 10.8 Å². The number of thioether (sulfide) groups is 2. The van der Waals surface area contributed by atoms with Gasteiger partial charge in [-0.3, -0.25) is 14.5 Å². The van der Waals surface area contributed by atoms with Crippen molar-refractivity contribution in [2.45, 2.75) is 29.7 Å². The zero-order valence-corrected chi connectivity index (χ0v) is 25.8. The van der Waals surface area contributed by atoms with Gasteiger partial charge in [-0.25, -0.2) is 14.5 Å². The Hall–Kier alpha value is -3.64. The second-order valence-corrected chi connectivity index (χ2v) is 12.6. The quantitative estimate of drug-likeness (QED) is 0.0834. The molecule has 2 aromatic heterocycles. The number of amides is 2. The van der Waals surface area contributed by atoms with Crippen LogP contribution in [0.15, 0.2) is 57.8 Å². The fraction of sp³-hybridized carbons (Fsp3) is 0.250. The first-order valence-electron chi connectivity index (χ1n) is 12.2. The summed E-state index contributed by atoms with van der Waals surface area (Å²) in [5.41, 5.74) is 6.76. The van der Waals surface area contributed by atoms with Crippen LogP contribution in [-0.2, 0) is 32.4 Å². The average molecular weight is 683 g/mol. The maximum Gasteiger partial charge on any atom is 0.352 e. The number of nitrogen functional groups attached to an aromatic ring is 1. The Labute approximate surface area is 266 Å². The second-order valence-electron chi connectivity index (χ2n) is 8.87. The van der Waals surface area contributed by atoms with E-state index in [9.17, 15) is 19.5 Å². The van der Waals surface area contributed by atoms with Crippen LogP contribution in [0.2, 0.25) is 10.0 Å². The Morgan fingerprint density at radius 1 is 1.35 bits per heavy atom. The molecule has 0 aliphatic carbocycles. The third-order valence-corrected chi connectivity index (χ3v) is 9.86. The minimum atomic E-state index is -1.25. The number of carboxylic acid groups (broad SMARTS) is 1. The number of β-lactam (4-membered cyclic amide) rings is 1. The number of fused-ring (bicyclic) bond motifs is 1. The Morgan fingerprint density at radius 3 is 2.86 bits per heavy atom. The molecule has 1 unspecified atom stereocenters. The number of nitrogens with one attached hydrogen (secondary N) is 1. The van der Waals surface area contributed by atoms with Crippen molar-refractivity contribution in [3.8, 4) is 0 Å². The van der Waals surface area contributed by atoms with Crippen LogP contribution in [0.5, 0.6) is 0 Å². The summed E-state index contributed by atoms with van der Waals surface area (Å²) in [7, 11) is 0. The van der Waals surface area contributed by atoms with Crippen LogP contribution in [0, 0.1) is 0 Å².